The predicted octanol–water partition coefficient (Wildman–Crippen LogP) is 2.50. The zero-order chi connectivity index (χ0) is 21.3. The molecule has 2 heterocycles. The summed E-state index contributed by atoms with van der Waals surface area (Å²) in [5.41, 5.74) is 6.18. The first-order chi connectivity index (χ1) is 13.3. The zero-order valence-corrected chi connectivity index (χ0v) is 17.3. The molecule has 0 aromatic carbocycles. The minimum Gasteiger partial charge on any atom is -0.465 e. The Morgan fingerprint density at radius 3 is 1.96 bits per heavy atom. The van der Waals surface area contributed by atoms with Gasteiger partial charge in [-0.2, -0.15) is 0 Å². The fourth-order valence-electron chi connectivity index (χ4n) is 1.71. The molecule has 9 nitrogen and oxygen atoms in total. The Morgan fingerprint density at radius 2 is 1.50 bits per heavy atom. The highest BCUT2D eigenvalue weighted by Gasteiger charge is 2.16. The highest BCUT2D eigenvalue weighted by molar-refractivity contribution is 7.16. The fraction of sp³-hybridized carbons (Fsp3) is 0.235. The van der Waals surface area contributed by atoms with E-state index in [-0.39, 0.29) is 10.6 Å². The maximum atomic E-state index is 11.4. The van der Waals surface area contributed by atoms with Crippen LogP contribution < -0.4 is 5.73 Å². The molecule has 2 rings (SSSR count). The van der Waals surface area contributed by atoms with Crippen LogP contribution in [0.5, 0.6) is 0 Å². The topological polar surface area (TPSA) is 128 Å². The van der Waals surface area contributed by atoms with Gasteiger partial charge in [0.15, 0.2) is 12.6 Å². The van der Waals surface area contributed by atoms with Crippen LogP contribution in [0.1, 0.15) is 38.7 Å². The van der Waals surface area contributed by atoms with Crippen molar-refractivity contribution in [2.75, 3.05) is 34.0 Å². The summed E-state index contributed by atoms with van der Waals surface area (Å²) in [6.07, 6.45) is 2.89. The number of anilines is 1. The number of hydrogen-bond acceptors (Lipinski definition) is 10. The summed E-state index contributed by atoms with van der Waals surface area (Å²) in [6, 6.07) is 3.01. The number of carbonyl (C=O) groups excluding carboxylic acids is 4. The lowest BCUT2D eigenvalue weighted by Crippen LogP contribution is -2.07. The van der Waals surface area contributed by atoms with E-state index in [2.05, 4.69) is 14.5 Å². The lowest BCUT2D eigenvalue weighted by molar-refractivity contribution is 0.0598. The summed E-state index contributed by atoms with van der Waals surface area (Å²) in [6.45, 7) is 0. The molecular formula is C17H19N3O6S2. The molecule has 0 radical (unpaired) electrons. The number of nitrogens with zero attached hydrogens (tertiary/aromatic N) is 2. The number of nitrogen functional groups attached to an aromatic ring is 1. The maximum absolute atomic E-state index is 11.4. The molecule has 0 aliphatic heterocycles. The molecule has 11 heteroatoms. The molecule has 0 atom stereocenters. The van der Waals surface area contributed by atoms with Crippen LogP contribution in [-0.4, -0.2) is 64.1 Å². The minimum absolute atomic E-state index is 0.277. The van der Waals surface area contributed by atoms with Crippen LogP contribution in [-0.2, 0) is 9.47 Å². The molecule has 2 aromatic rings. The lowest BCUT2D eigenvalue weighted by Gasteiger charge is -2.02. The molecule has 2 N–H and O–H groups in total. The van der Waals surface area contributed by atoms with E-state index in [4.69, 9.17) is 5.73 Å². The Kier molecular flexibility index (Phi) is 8.99. The van der Waals surface area contributed by atoms with E-state index in [1.807, 2.05) is 14.1 Å². The van der Waals surface area contributed by atoms with Gasteiger partial charge in [0.2, 0.25) is 0 Å². The van der Waals surface area contributed by atoms with Gasteiger partial charge in [-0.25, -0.2) is 14.6 Å². The van der Waals surface area contributed by atoms with Crippen LogP contribution in [0.15, 0.2) is 17.1 Å². The molecule has 0 saturated carbocycles. The Balaban J connectivity index is 0.000000292. The highest BCUT2D eigenvalue weighted by Crippen LogP contribution is 2.29. The van der Waals surface area contributed by atoms with Crippen LogP contribution in [0.2, 0.25) is 0 Å². The third-order valence-corrected chi connectivity index (χ3v) is 5.00. The van der Waals surface area contributed by atoms with E-state index in [1.165, 1.54) is 20.3 Å². The molecule has 0 spiro atoms. The fourth-order valence-corrected chi connectivity index (χ4v) is 3.36. The van der Waals surface area contributed by atoms with Crippen molar-refractivity contribution in [1.82, 2.24) is 4.90 Å². The summed E-state index contributed by atoms with van der Waals surface area (Å²) in [5, 5.41) is 0. The van der Waals surface area contributed by atoms with Crippen LogP contribution in [0.3, 0.4) is 0 Å². The van der Waals surface area contributed by atoms with Crippen molar-refractivity contribution in [1.29, 1.82) is 0 Å². The second kappa shape index (κ2) is 10.9. The van der Waals surface area contributed by atoms with Gasteiger partial charge in [0, 0.05) is 14.1 Å². The van der Waals surface area contributed by atoms with E-state index < -0.39 is 11.9 Å². The SMILES string of the molecule is COC(=O)c1sc(C=O)cc1/N=C/N(C)C.COC(=O)c1sc(C=O)cc1N. The third-order valence-electron chi connectivity index (χ3n) is 2.91. The molecule has 150 valence electrons. The van der Waals surface area contributed by atoms with Crippen molar-refractivity contribution in [2.24, 2.45) is 4.99 Å². The normalized spacial score (nSPS) is 10.0. The van der Waals surface area contributed by atoms with Gasteiger partial charge in [0.05, 0.1) is 41.7 Å². The number of rotatable bonds is 6. The minimum atomic E-state index is -0.509. The summed E-state index contributed by atoms with van der Waals surface area (Å²) >= 11 is 2.09. The molecule has 0 aliphatic rings. The first-order valence-corrected chi connectivity index (χ1v) is 9.21. The van der Waals surface area contributed by atoms with Crippen LogP contribution in [0, 0.1) is 0 Å². The number of aldehydes is 2. The average molecular weight is 425 g/mol. The molecule has 2 aromatic heterocycles. The van der Waals surface area contributed by atoms with Crippen molar-refractivity contribution < 1.29 is 28.7 Å². The van der Waals surface area contributed by atoms with Gasteiger partial charge in [-0.05, 0) is 12.1 Å². The second-order valence-electron chi connectivity index (χ2n) is 5.22. The van der Waals surface area contributed by atoms with Gasteiger partial charge in [-0.3, -0.25) is 9.59 Å². The number of ether oxygens (including phenoxy) is 2. The van der Waals surface area contributed by atoms with E-state index in [0.29, 0.717) is 32.9 Å². The summed E-state index contributed by atoms with van der Waals surface area (Å²) in [7, 11) is 6.19. The van der Waals surface area contributed by atoms with Gasteiger partial charge in [0.25, 0.3) is 0 Å². The number of nitrogens with two attached hydrogens (primary N) is 1. The number of carbonyl (C=O) groups is 4. The monoisotopic (exact) mass is 425 g/mol. The van der Waals surface area contributed by atoms with E-state index in [0.717, 1.165) is 22.7 Å². The third kappa shape index (κ3) is 6.28. The Morgan fingerprint density at radius 1 is 1.00 bits per heavy atom. The maximum Gasteiger partial charge on any atom is 0.350 e. The highest BCUT2D eigenvalue weighted by atomic mass is 32.1. The van der Waals surface area contributed by atoms with Crippen LogP contribution in [0.4, 0.5) is 11.4 Å². The first kappa shape index (κ1) is 23.0. The molecular weight excluding hydrogens is 406 g/mol. The van der Waals surface area contributed by atoms with Crippen molar-refractivity contribution in [3.8, 4) is 0 Å². The smallest absolute Gasteiger partial charge is 0.350 e. The zero-order valence-electron chi connectivity index (χ0n) is 15.6. The quantitative estimate of drug-likeness (QED) is 0.323. The van der Waals surface area contributed by atoms with Crippen LogP contribution in [0.25, 0.3) is 0 Å². The van der Waals surface area contributed by atoms with Crippen molar-refractivity contribution in [3.63, 3.8) is 0 Å². The number of aliphatic imine (C=N–C) groups is 1. The number of esters is 2. The number of methoxy groups -OCH3 is 2. The van der Waals surface area contributed by atoms with Gasteiger partial charge in [0.1, 0.15) is 9.75 Å². The molecule has 0 saturated heterocycles. The van der Waals surface area contributed by atoms with E-state index in [1.54, 1.807) is 17.3 Å². The largest absolute Gasteiger partial charge is 0.465 e. The van der Waals surface area contributed by atoms with Gasteiger partial charge < -0.3 is 20.1 Å². The first-order valence-electron chi connectivity index (χ1n) is 7.58. The molecule has 0 unspecified atom stereocenters. The predicted molar refractivity (Wildman–Crippen MR) is 108 cm³/mol. The summed E-state index contributed by atoms with van der Waals surface area (Å²) in [5.74, 6) is -0.991. The summed E-state index contributed by atoms with van der Waals surface area (Å²) < 4.78 is 9.06. The number of thiophene rings is 2. The van der Waals surface area contributed by atoms with Gasteiger partial charge in [-0.1, -0.05) is 0 Å². The van der Waals surface area contributed by atoms with Gasteiger partial charge in [-0.15, -0.1) is 22.7 Å². The summed E-state index contributed by atoms with van der Waals surface area (Å²) in [4.78, 5) is 50.6. The molecule has 0 bridgehead atoms. The Bertz CT molecular complexity index is 886. The van der Waals surface area contributed by atoms with Crippen molar-refractivity contribution >= 4 is 64.9 Å². The van der Waals surface area contributed by atoms with E-state index >= 15 is 0 Å². The Labute approximate surface area is 169 Å². The van der Waals surface area contributed by atoms with Crippen molar-refractivity contribution in [2.45, 2.75) is 0 Å². The molecule has 28 heavy (non-hydrogen) atoms. The van der Waals surface area contributed by atoms with Gasteiger partial charge >= 0.3 is 11.9 Å². The Hall–Kier alpha value is -3.05. The second-order valence-corrected chi connectivity index (χ2v) is 7.39. The van der Waals surface area contributed by atoms with Crippen LogP contribution >= 0.6 is 22.7 Å². The standard InChI is InChI=1S/C10H12N2O3S.C7H7NO3S/c1-12(2)6-11-8-4-7(5-13)16-9(8)10(14)15-3;1-11-7(10)6-5(8)2-4(3-9)12-6/h4-6H,1-3H3;2-3H,8H2,1H3/b11-6+;. The molecule has 0 fully saturated rings. The lowest BCUT2D eigenvalue weighted by atomic mass is 10.3. The number of hydrogen-bond donors (Lipinski definition) is 1. The van der Waals surface area contributed by atoms with E-state index in [9.17, 15) is 19.2 Å². The average Bonchev–Trinajstić information content (AvgIpc) is 3.28. The van der Waals surface area contributed by atoms with Crippen molar-refractivity contribution in [3.05, 3.63) is 31.6 Å². The molecule has 0 aliphatic carbocycles. The molecule has 0 amide bonds.